The summed E-state index contributed by atoms with van der Waals surface area (Å²) in [6, 6.07) is 15.5. The van der Waals surface area contributed by atoms with Crippen molar-refractivity contribution in [2.75, 3.05) is 17.6 Å². The van der Waals surface area contributed by atoms with Crippen LogP contribution >= 0.6 is 23.1 Å². The minimum Gasteiger partial charge on any atom is -0.325 e. The molecule has 0 saturated carbocycles. The first-order valence-electron chi connectivity index (χ1n) is 8.45. The van der Waals surface area contributed by atoms with Crippen LogP contribution in [-0.4, -0.2) is 34.0 Å². The molecule has 0 unspecified atom stereocenters. The number of rotatable bonds is 4. The van der Waals surface area contributed by atoms with Crippen molar-refractivity contribution in [2.24, 2.45) is 0 Å². The maximum absolute atomic E-state index is 12.4. The van der Waals surface area contributed by atoms with Crippen molar-refractivity contribution in [3.8, 4) is 0 Å². The van der Waals surface area contributed by atoms with E-state index < -0.39 is 0 Å². The van der Waals surface area contributed by atoms with E-state index in [2.05, 4.69) is 10.3 Å². The summed E-state index contributed by atoms with van der Waals surface area (Å²) in [5, 5.41) is 4.43. The number of carbonyl (C=O) groups excluding carboxylic acids is 2. The third kappa shape index (κ3) is 4.04. The Morgan fingerprint density at radius 2 is 2.00 bits per heavy atom. The Morgan fingerprint density at radius 1 is 1.22 bits per heavy atom. The molecule has 27 heavy (non-hydrogen) atoms. The van der Waals surface area contributed by atoms with E-state index in [4.69, 9.17) is 0 Å². The average molecular weight is 396 g/mol. The fourth-order valence-electron chi connectivity index (χ4n) is 2.74. The molecule has 1 saturated heterocycles. The summed E-state index contributed by atoms with van der Waals surface area (Å²) in [6.45, 7) is 1.99. The van der Waals surface area contributed by atoms with Gasteiger partial charge in [0.1, 0.15) is 11.6 Å². The number of carbonyl (C=O) groups is 2. The summed E-state index contributed by atoms with van der Waals surface area (Å²) >= 11 is 3.01. The Bertz CT molecular complexity index is 1010. The zero-order valence-corrected chi connectivity index (χ0v) is 16.3. The van der Waals surface area contributed by atoms with Gasteiger partial charge in [-0.15, -0.1) is 11.3 Å². The highest BCUT2D eigenvalue weighted by molar-refractivity contribution is 8.04. The van der Waals surface area contributed by atoms with E-state index >= 15 is 0 Å². The van der Waals surface area contributed by atoms with Gasteiger partial charge >= 0.3 is 0 Å². The summed E-state index contributed by atoms with van der Waals surface area (Å²) in [4.78, 5) is 30.7. The molecule has 4 rings (SSSR count). The van der Waals surface area contributed by atoms with Gasteiger partial charge in [0.05, 0.1) is 21.0 Å². The number of hydrogen-bond donors (Lipinski definition) is 1. The number of thioether (sulfide) groups is 1. The Hall–Kier alpha value is -2.64. The monoisotopic (exact) mass is 395 g/mol. The molecule has 0 atom stereocenters. The molecule has 0 bridgehead atoms. The van der Waals surface area contributed by atoms with Gasteiger partial charge in [-0.25, -0.2) is 4.98 Å². The Balaban J connectivity index is 1.50. The lowest BCUT2D eigenvalue weighted by Gasteiger charge is -2.16. The van der Waals surface area contributed by atoms with E-state index in [1.54, 1.807) is 11.3 Å². The maximum Gasteiger partial charge on any atom is 0.244 e. The van der Waals surface area contributed by atoms with Crippen molar-refractivity contribution in [3.05, 3.63) is 64.1 Å². The third-order valence-electron chi connectivity index (χ3n) is 4.11. The first-order valence-corrected chi connectivity index (χ1v) is 10.3. The molecule has 1 fully saturated rings. The number of fused-ring (bicyclic) bond motifs is 1. The highest BCUT2D eigenvalue weighted by Gasteiger charge is 2.28. The number of aryl methyl sites for hydroxylation is 1. The van der Waals surface area contributed by atoms with Crippen molar-refractivity contribution in [2.45, 2.75) is 6.92 Å². The number of nitrogens with one attached hydrogen (secondary N) is 1. The molecule has 2 amide bonds. The van der Waals surface area contributed by atoms with Crippen LogP contribution < -0.4 is 5.32 Å². The fourth-order valence-corrected chi connectivity index (χ4v) is 4.66. The SMILES string of the molecule is Cc1ccc(NC(=O)CN2C(=O)CS/C2=C/c2nc3ccccc3s2)cc1. The molecule has 1 aromatic heterocycles. The molecular weight excluding hydrogens is 378 g/mol. The zero-order chi connectivity index (χ0) is 18.8. The number of benzene rings is 2. The van der Waals surface area contributed by atoms with E-state index in [0.29, 0.717) is 5.75 Å². The van der Waals surface area contributed by atoms with Gasteiger partial charge in [-0.1, -0.05) is 41.6 Å². The van der Waals surface area contributed by atoms with Crippen LogP contribution in [0, 0.1) is 6.92 Å². The van der Waals surface area contributed by atoms with Gasteiger partial charge in [0.15, 0.2) is 0 Å². The van der Waals surface area contributed by atoms with Crippen LogP contribution in [0.3, 0.4) is 0 Å². The molecule has 0 aliphatic carbocycles. The summed E-state index contributed by atoms with van der Waals surface area (Å²) < 4.78 is 1.10. The van der Waals surface area contributed by atoms with Gasteiger partial charge in [-0.3, -0.25) is 14.5 Å². The van der Waals surface area contributed by atoms with Crippen LogP contribution in [0.5, 0.6) is 0 Å². The Morgan fingerprint density at radius 3 is 2.78 bits per heavy atom. The number of nitrogens with zero attached hydrogens (tertiary/aromatic N) is 2. The number of para-hydroxylation sites is 1. The quantitative estimate of drug-likeness (QED) is 0.722. The molecule has 1 aliphatic heterocycles. The van der Waals surface area contributed by atoms with Crippen LogP contribution in [-0.2, 0) is 9.59 Å². The highest BCUT2D eigenvalue weighted by atomic mass is 32.2. The molecule has 7 heteroatoms. The standard InChI is InChI=1S/C20H17N3O2S2/c1-13-6-8-14(9-7-13)21-17(24)11-23-19(25)12-26-20(23)10-18-22-15-4-2-3-5-16(15)27-18/h2-10H,11-12H2,1H3,(H,21,24)/b20-10+. The van der Waals surface area contributed by atoms with E-state index in [1.807, 2.05) is 61.5 Å². The Labute approximate surface area is 165 Å². The van der Waals surface area contributed by atoms with Crippen LogP contribution in [0.25, 0.3) is 16.3 Å². The van der Waals surface area contributed by atoms with Gasteiger partial charge in [-0.2, -0.15) is 0 Å². The average Bonchev–Trinajstić information content (AvgIpc) is 3.21. The smallest absolute Gasteiger partial charge is 0.244 e. The van der Waals surface area contributed by atoms with Crippen LogP contribution in [0.15, 0.2) is 53.6 Å². The lowest BCUT2D eigenvalue weighted by molar-refractivity contribution is -0.129. The molecule has 5 nitrogen and oxygen atoms in total. The van der Waals surface area contributed by atoms with Gasteiger partial charge in [0.25, 0.3) is 0 Å². The lowest BCUT2D eigenvalue weighted by atomic mass is 10.2. The van der Waals surface area contributed by atoms with Gasteiger partial charge < -0.3 is 5.32 Å². The molecular formula is C20H17N3O2S2. The van der Waals surface area contributed by atoms with E-state index in [9.17, 15) is 9.59 Å². The molecule has 0 spiro atoms. The van der Waals surface area contributed by atoms with Crippen LogP contribution in [0.2, 0.25) is 0 Å². The summed E-state index contributed by atoms with van der Waals surface area (Å²) in [5.74, 6) is 0.0606. The van der Waals surface area contributed by atoms with E-state index in [1.165, 1.54) is 16.7 Å². The minimum atomic E-state index is -0.218. The number of amides is 2. The number of thiazole rings is 1. The predicted octanol–water partition coefficient (Wildman–Crippen LogP) is 4.12. The topological polar surface area (TPSA) is 62.3 Å². The fraction of sp³-hybridized carbons (Fsp3) is 0.150. The minimum absolute atomic E-state index is 0.00353. The Kier molecular flexibility index (Phi) is 4.96. The summed E-state index contributed by atoms with van der Waals surface area (Å²) in [5.41, 5.74) is 2.79. The number of anilines is 1. The molecule has 1 aliphatic rings. The van der Waals surface area contributed by atoms with Crippen molar-refractivity contribution < 1.29 is 9.59 Å². The molecule has 136 valence electrons. The first kappa shape index (κ1) is 17.8. The number of hydrogen-bond acceptors (Lipinski definition) is 5. The second kappa shape index (κ2) is 7.54. The second-order valence-corrected chi connectivity index (χ2v) is 8.24. The van der Waals surface area contributed by atoms with Gasteiger partial charge in [0.2, 0.25) is 11.8 Å². The van der Waals surface area contributed by atoms with Crippen molar-refractivity contribution in [3.63, 3.8) is 0 Å². The van der Waals surface area contributed by atoms with Crippen molar-refractivity contribution in [1.29, 1.82) is 0 Å². The van der Waals surface area contributed by atoms with E-state index in [-0.39, 0.29) is 18.4 Å². The van der Waals surface area contributed by atoms with Crippen molar-refractivity contribution in [1.82, 2.24) is 9.88 Å². The molecule has 0 radical (unpaired) electrons. The lowest BCUT2D eigenvalue weighted by Crippen LogP contribution is -2.33. The maximum atomic E-state index is 12.4. The van der Waals surface area contributed by atoms with Gasteiger partial charge in [0, 0.05) is 11.8 Å². The van der Waals surface area contributed by atoms with Gasteiger partial charge in [-0.05, 0) is 31.2 Å². The van der Waals surface area contributed by atoms with Crippen LogP contribution in [0.4, 0.5) is 5.69 Å². The molecule has 1 N–H and O–H groups in total. The highest BCUT2D eigenvalue weighted by Crippen LogP contribution is 2.32. The molecule has 3 aromatic rings. The van der Waals surface area contributed by atoms with Crippen molar-refractivity contribution >= 4 is 56.9 Å². The first-order chi connectivity index (χ1) is 13.1. The predicted molar refractivity (Wildman–Crippen MR) is 112 cm³/mol. The normalized spacial score (nSPS) is 15.7. The summed E-state index contributed by atoms with van der Waals surface area (Å²) in [6.07, 6.45) is 1.89. The third-order valence-corrected chi connectivity index (χ3v) is 6.11. The van der Waals surface area contributed by atoms with E-state index in [0.717, 1.165) is 31.5 Å². The largest absolute Gasteiger partial charge is 0.325 e. The molecule has 2 heterocycles. The summed E-state index contributed by atoms with van der Waals surface area (Å²) in [7, 11) is 0. The molecule has 2 aromatic carbocycles. The zero-order valence-electron chi connectivity index (χ0n) is 14.6. The van der Waals surface area contributed by atoms with Crippen LogP contribution in [0.1, 0.15) is 10.6 Å². The number of aromatic nitrogens is 1. The second-order valence-electron chi connectivity index (χ2n) is 6.19.